The van der Waals surface area contributed by atoms with Gasteiger partial charge in [0.05, 0.1) is 6.54 Å². The summed E-state index contributed by atoms with van der Waals surface area (Å²) in [6.45, 7) is 1.36. The number of likely N-dealkylation sites (tertiary alicyclic amines) is 1. The van der Waals surface area contributed by atoms with Gasteiger partial charge in [0.15, 0.2) is 0 Å². The SMILES string of the molecule is O=C(NC1CCCCCC1)N1CCC(Oc2cccnn2)C1. The van der Waals surface area contributed by atoms with Crippen LogP contribution in [0.15, 0.2) is 18.3 Å². The zero-order valence-corrected chi connectivity index (χ0v) is 12.9. The van der Waals surface area contributed by atoms with Crippen molar-refractivity contribution in [1.82, 2.24) is 20.4 Å². The monoisotopic (exact) mass is 304 g/mol. The van der Waals surface area contributed by atoms with Crippen molar-refractivity contribution >= 4 is 6.03 Å². The zero-order chi connectivity index (χ0) is 15.2. The normalized spacial score (nSPS) is 23.1. The third-order valence-corrected chi connectivity index (χ3v) is 4.45. The lowest BCUT2D eigenvalue weighted by molar-refractivity contribution is 0.179. The van der Waals surface area contributed by atoms with Crippen molar-refractivity contribution in [3.8, 4) is 5.88 Å². The number of nitrogens with zero attached hydrogens (tertiary/aromatic N) is 3. The second kappa shape index (κ2) is 7.42. The molecular weight excluding hydrogens is 280 g/mol. The average Bonchev–Trinajstić information content (AvgIpc) is 2.85. The first-order valence-corrected chi connectivity index (χ1v) is 8.31. The lowest BCUT2D eigenvalue weighted by Crippen LogP contribution is -2.44. The minimum absolute atomic E-state index is 0.0107. The summed E-state index contributed by atoms with van der Waals surface area (Å²) in [5.74, 6) is 0.526. The fraction of sp³-hybridized carbons (Fsp3) is 0.688. The molecule has 1 unspecified atom stereocenters. The van der Waals surface area contributed by atoms with Crippen molar-refractivity contribution < 1.29 is 9.53 Å². The quantitative estimate of drug-likeness (QED) is 0.871. The number of urea groups is 1. The first-order chi connectivity index (χ1) is 10.8. The predicted molar refractivity (Wildman–Crippen MR) is 82.7 cm³/mol. The molecule has 2 amide bonds. The van der Waals surface area contributed by atoms with Gasteiger partial charge in [-0.15, -0.1) is 5.10 Å². The molecule has 2 fully saturated rings. The molecule has 1 aromatic rings. The number of hydrogen-bond acceptors (Lipinski definition) is 4. The van der Waals surface area contributed by atoms with Gasteiger partial charge in [-0.2, -0.15) is 5.10 Å². The summed E-state index contributed by atoms with van der Waals surface area (Å²) in [5.41, 5.74) is 0. The van der Waals surface area contributed by atoms with E-state index in [2.05, 4.69) is 15.5 Å². The lowest BCUT2D eigenvalue weighted by atomic mass is 10.1. The Morgan fingerprint density at radius 1 is 1.23 bits per heavy atom. The Hall–Kier alpha value is -1.85. The van der Waals surface area contributed by atoms with E-state index in [1.165, 1.54) is 25.7 Å². The van der Waals surface area contributed by atoms with Crippen LogP contribution in [-0.2, 0) is 0 Å². The van der Waals surface area contributed by atoms with Gasteiger partial charge < -0.3 is 15.0 Å². The molecule has 6 heteroatoms. The number of carbonyl (C=O) groups excluding carboxylic acids is 1. The molecule has 1 atom stereocenters. The third-order valence-electron chi connectivity index (χ3n) is 4.45. The first kappa shape index (κ1) is 15.1. The molecule has 1 aliphatic heterocycles. The Balaban J connectivity index is 1.46. The van der Waals surface area contributed by atoms with Crippen LogP contribution in [0.25, 0.3) is 0 Å². The van der Waals surface area contributed by atoms with E-state index in [0.29, 0.717) is 18.5 Å². The Morgan fingerprint density at radius 3 is 2.77 bits per heavy atom. The predicted octanol–water partition coefficient (Wildman–Crippen LogP) is 2.36. The maximum atomic E-state index is 12.4. The standard InChI is InChI=1S/C16H24N4O2/c21-16(18-13-6-3-1-2-4-7-13)20-11-9-14(12-20)22-15-8-5-10-17-19-15/h5,8,10,13-14H,1-4,6-7,9,11-12H2,(H,18,21). The third kappa shape index (κ3) is 4.08. The highest BCUT2D eigenvalue weighted by molar-refractivity contribution is 5.74. The molecule has 120 valence electrons. The Bertz CT molecular complexity index is 474. The van der Waals surface area contributed by atoms with Crippen molar-refractivity contribution in [3.63, 3.8) is 0 Å². The Labute approximate surface area is 131 Å². The minimum atomic E-state index is 0.0107. The summed E-state index contributed by atoms with van der Waals surface area (Å²) in [5, 5.41) is 10.9. The fourth-order valence-corrected chi connectivity index (χ4v) is 3.22. The molecule has 0 bridgehead atoms. The minimum Gasteiger partial charge on any atom is -0.471 e. The van der Waals surface area contributed by atoms with E-state index in [0.717, 1.165) is 25.8 Å². The molecule has 2 heterocycles. The average molecular weight is 304 g/mol. The summed E-state index contributed by atoms with van der Waals surface area (Å²) < 4.78 is 5.77. The van der Waals surface area contributed by atoms with Gasteiger partial charge in [0.25, 0.3) is 0 Å². The topological polar surface area (TPSA) is 67.4 Å². The number of amides is 2. The molecule has 1 N–H and O–H groups in total. The molecule has 1 saturated heterocycles. The molecule has 22 heavy (non-hydrogen) atoms. The van der Waals surface area contributed by atoms with Gasteiger partial charge in [-0.3, -0.25) is 0 Å². The van der Waals surface area contributed by atoms with Crippen LogP contribution in [0.5, 0.6) is 5.88 Å². The molecule has 0 radical (unpaired) electrons. The molecule has 3 rings (SSSR count). The van der Waals surface area contributed by atoms with E-state index in [4.69, 9.17) is 4.74 Å². The number of carbonyl (C=O) groups is 1. The van der Waals surface area contributed by atoms with Crippen molar-refractivity contribution in [3.05, 3.63) is 18.3 Å². The number of hydrogen-bond donors (Lipinski definition) is 1. The van der Waals surface area contributed by atoms with Crippen LogP contribution < -0.4 is 10.1 Å². The van der Waals surface area contributed by atoms with Crippen LogP contribution in [0.1, 0.15) is 44.9 Å². The molecule has 0 aromatic carbocycles. The number of nitrogens with one attached hydrogen (secondary N) is 1. The van der Waals surface area contributed by atoms with E-state index in [1.807, 2.05) is 4.90 Å². The second-order valence-electron chi connectivity index (χ2n) is 6.17. The molecule has 1 saturated carbocycles. The van der Waals surface area contributed by atoms with E-state index < -0.39 is 0 Å². The lowest BCUT2D eigenvalue weighted by Gasteiger charge is -2.22. The summed E-state index contributed by atoms with van der Waals surface area (Å²) in [7, 11) is 0. The van der Waals surface area contributed by atoms with E-state index in [9.17, 15) is 4.79 Å². The molecule has 1 aliphatic carbocycles. The van der Waals surface area contributed by atoms with E-state index >= 15 is 0 Å². The van der Waals surface area contributed by atoms with Crippen LogP contribution in [-0.4, -0.2) is 46.4 Å². The highest BCUT2D eigenvalue weighted by Crippen LogP contribution is 2.19. The van der Waals surface area contributed by atoms with E-state index in [1.54, 1.807) is 18.3 Å². The molecule has 6 nitrogen and oxygen atoms in total. The summed E-state index contributed by atoms with van der Waals surface area (Å²) in [6, 6.07) is 3.99. The van der Waals surface area contributed by atoms with Gasteiger partial charge in [0.1, 0.15) is 6.10 Å². The highest BCUT2D eigenvalue weighted by atomic mass is 16.5. The maximum absolute atomic E-state index is 12.4. The molecule has 2 aliphatic rings. The highest BCUT2D eigenvalue weighted by Gasteiger charge is 2.29. The van der Waals surface area contributed by atoms with Gasteiger partial charge in [-0.05, 0) is 18.9 Å². The van der Waals surface area contributed by atoms with Crippen molar-refractivity contribution in [2.45, 2.75) is 57.1 Å². The van der Waals surface area contributed by atoms with Crippen LogP contribution in [0.4, 0.5) is 4.79 Å². The van der Waals surface area contributed by atoms with Gasteiger partial charge in [0, 0.05) is 31.3 Å². The Morgan fingerprint density at radius 2 is 2.05 bits per heavy atom. The Kier molecular flexibility index (Phi) is 5.08. The first-order valence-electron chi connectivity index (χ1n) is 8.31. The van der Waals surface area contributed by atoms with Crippen LogP contribution in [0.2, 0.25) is 0 Å². The van der Waals surface area contributed by atoms with Crippen LogP contribution in [0.3, 0.4) is 0 Å². The second-order valence-corrected chi connectivity index (χ2v) is 6.17. The van der Waals surface area contributed by atoms with Gasteiger partial charge >= 0.3 is 6.03 Å². The van der Waals surface area contributed by atoms with E-state index in [-0.39, 0.29) is 12.1 Å². The van der Waals surface area contributed by atoms with Crippen LogP contribution >= 0.6 is 0 Å². The van der Waals surface area contributed by atoms with Gasteiger partial charge in [-0.1, -0.05) is 25.7 Å². The molecule has 1 aromatic heterocycles. The van der Waals surface area contributed by atoms with Crippen molar-refractivity contribution in [2.75, 3.05) is 13.1 Å². The fourth-order valence-electron chi connectivity index (χ4n) is 3.22. The van der Waals surface area contributed by atoms with Crippen LogP contribution in [0, 0.1) is 0 Å². The molecular formula is C16H24N4O2. The number of ether oxygens (including phenoxy) is 1. The smallest absolute Gasteiger partial charge is 0.317 e. The number of rotatable bonds is 3. The van der Waals surface area contributed by atoms with Gasteiger partial charge in [-0.25, -0.2) is 4.79 Å². The number of aromatic nitrogens is 2. The summed E-state index contributed by atoms with van der Waals surface area (Å²) in [4.78, 5) is 14.2. The summed E-state index contributed by atoms with van der Waals surface area (Å²) in [6.07, 6.45) is 9.73. The zero-order valence-electron chi connectivity index (χ0n) is 12.9. The largest absolute Gasteiger partial charge is 0.471 e. The molecule has 0 spiro atoms. The van der Waals surface area contributed by atoms with Crippen molar-refractivity contribution in [2.24, 2.45) is 0 Å². The van der Waals surface area contributed by atoms with Crippen molar-refractivity contribution in [1.29, 1.82) is 0 Å². The van der Waals surface area contributed by atoms with Gasteiger partial charge in [0.2, 0.25) is 5.88 Å². The summed E-state index contributed by atoms with van der Waals surface area (Å²) >= 11 is 0. The maximum Gasteiger partial charge on any atom is 0.317 e.